The summed E-state index contributed by atoms with van der Waals surface area (Å²) < 4.78 is 39.0. The zero-order chi connectivity index (χ0) is 23.6. The number of thiophene rings is 1. The summed E-state index contributed by atoms with van der Waals surface area (Å²) in [4.78, 5) is 14.6. The highest BCUT2D eigenvalue weighted by Gasteiger charge is 2.27. The number of benzene rings is 2. The molecule has 1 amide bonds. The van der Waals surface area contributed by atoms with Gasteiger partial charge in [0.05, 0.1) is 11.5 Å². The number of ether oxygens (including phenoxy) is 2. The standard InChI is InChI=1S/C24H26N2O5S2/c1-4-26(5-2)33(28,29)22-14-17(11-12-20(22)30-6-3)25-24(27)21-13-16-15-31-19-10-8-7-9-18(19)23(16)32-21/h7-14H,4-6,15H2,1-3H3,(H,25,27). The summed E-state index contributed by atoms with van der Waals surface area (Å²) in [5.74, 6) is 0.765. The van der Waals surface area contributed by atoms with Crippen LogP contribution in [0.5, 0.6) is 11.5 Å². The molecule has 2 aromatic carbocycles. The lowest BCUT2D eigenvalue weighted by molar-refractivity contribution is 0.103. The van der Waals surface area contributed by atoms with E-state index < -0.39 is 10.0 Å². The van der Waals surface area contributed by atoms with Gasteiger partial charge < -0.3 is 14.8 Å². The van der Waals surface area contributed by atoms with Crippen molar-refractivity contribution in [1.82, 2.24) is 4.31 Å². The van der Waals surface area contributed by atoms with Gasteiger partial charge in [-0.05, 0) is 43.3 Å². The topological polar surface area (TPSA) is 84.9 Å². The molecular weight excluding hydrogens is 460 g/mol. The van der Waals surface area contributed by atoms with Crippen molar-refractivity contribution in [1.29, 1.82) is 0 Å². The molecule has 2 heterocycles. The second-order valence-electron chi connectivity index (χ2n) is 7.39. The molecule has 0 spiro atoms. The lowest BCUT2D eigenvalue weighted by Gasteiger charge is -2.21. The molecule has 0 radical (unpaired) electrons. The molecule has 1 aromatic heterocycles. The molecule has 0 aliphatic carbocycles. The van der Waals surface area contributed by atoms with Crippen molar-refractivity contribution in [2.45, 2.75) is 32.3 Å². The molecule has 0 unspecified atom stereocenters. The maximum absolute atomic E-state index is 13.2. The van der Waals surface area contributed by atoms with Gasteiger partial charge in [-0.1, -0.05) is 26.0 Å². The SMILES string of the molecule is CCOc1ccc(NC(=O)c2cc3c(s2)-c2ccccc2OC3)cc1S(=O)(=O)N(CC)CC. The van der Waals surface area contributed by atoms with Crippen LogP contribution in [0.1, 0.15) is 36.0 Å². The zero-order valence-corrected chi connectivity index (χ0v) is 20.4. The molecule has 0 saturated carbocycles. The molecule has 0 bridgehead atoms. The van der Waals surface area contributed by atoms with E-state index in [0.717, 1.165) is 21.8 Å². The molecule has 174 valence electrons. The fraction of sp³-hybridized carbons (Fsp3) is 0.292. The Morgan fingerprint density at radius 3 is 2.61 bits per heavy atom. The second kappa shape index (κ2) is 9.54. The Balaban J connectivity index is 1.64. The molecule has 0 atom stereocenters. The predicted molar refractivity (Wildman–Crippen MR) is 130 cm³/mol. The van der Waals surface area contributed by atoms with Crippen LogP contribution in [0.2, 0.25) is 0 Å². The molecular formula is C24H26N2O5S2. The van der Waals surface area contributed by atoms with E-state index in [1.807, 2.05) is 30.3 Å². The summed E-state index contributed by atoms with van der Waals surface area (Å²) in [6.45, 7) is 6.78. The second-order valence-corrected chi connectivity index (χ2v) is 10.3. The number of carbonyl (C=O) groups excluding carboxylic acids is 1. The first-order valence-electron chi connectivity index (χ1n) is 10.8. The molecule has 3 aromatic rings. The van der Waals surface area contributed by atoms with Crippen LogP contribution in [0.25, 0.3) is 10.4 Å². The van der Waals surface area contributed by atoms with Gasteiger partial charge >= 0.3 is 0 Å². The van der Waals surface area contributed by atoms with E-state index in [1.165, 1.54) is 21.7 Å². The van der Waals surface area contributed by atoms with E-state index in [9.17, 15) is 13.2 Å². The van der Waals surface area contributed by atoms with E-state index in [-0.39, 0.29) is 16.6 Å². The highest BCUT2D eigenvalue weighted by Crippen LogP contribution is 2.42. The number of anilines is 1. The molecule has 1 aliphatic rings. The Labute approximate surface area is 198 Å². The molecule has 1 N–H and O–H groups in total. The number of rotatable bonds is 8. The minimum absolute atomic E-state index is 0.0404. The van der Waals surface area contributed by atoms with E-state index in [2.05, 4.69) is 5.32 Å². The third-order valence-electron chi connectivity index (χ3n) is 5.37. The number of hydrogen-bond donors (Lipinski definition) is 1. The third kappa shape index (κ3) is 4.48. The molecule has 0 fully saturated rings. The Kier molecular flexibility index (Phi) is 6.73. The summed E-state index contributed by atoms with van der Waals surface area (Å²) in [6, 6.07) is 14.3. The van der Waals surface area contributed by atoms with Crippen LogP contribution in [0.15, 0.2) is 53.4 Å². The van der Waals surface area contributed by atoms with Crippen LogP contribution >= 0.6 is 11.3 Å². The van der Waals surface area contributed by atoms with Gasteiger partial charge in [0.15, 0.2) is 0 Å². The van der Waals surface area contributed by atoms with Gasteiger partial charge in [-0.3, -0.25) is 4.79 Å². The first-order valence-corrected chi connectivity index (χ1v) is 13.1. The van der Waals surface area contributed by atoms with Crippen molar-refractivity contribution in [3.05, 3.63) is 59.0 Å². The van der Waals surface area contributed by atoms with E-state index >= 15 is 0 Å². The van der Waals surface area contributed by atoms with Crippen molar-refractivity contribution in [3.63, 3.8) is 0 Å². The third-order valence-corrected chi connectivity index (χ3v) is 8.65. The molecule has 7 nitrogen and oxygen atoms in total. The summed E-state index contributed by atoms with van der Waals surface area (Å²) in [5.41, 5.74) is 2.31. The number of amides is 1. The predicted octanol–water partition coefficient (Wildman–Crippen LogP) is 4.99. The Bertz CT molecular complexity index is 1280. The average molecular weight is 487 g/mol. The fourth-order valence-corrected chi connectivity index (χ4v) is 6.48. The Morgan fingerprint density at radius 1 is 1.12 bits per heavy atom. The van der Waals surface area contributed by atoms with Crippen LogP contribution in [-0.4, -0.2) is 38.3 Å². The van der Waals surface area contributed by atoms with Gasteiger partial charge in [0, 0.05) is 34.8 Å². The lowest BCUT2D eigenvalue weighted by atomic mass is 10.1. The summed E-state index contributed by atoms with van der Waals surface area (Å²) in [7, 11) is -3.77. The number of hydrogen-bond acceptors (Lipinski definition) is 6. The summed E-state index contributed by atoms with van der Waals surface area (Å²) in [6.07, 6.45) is 0. The minimum atomic E-state index is -3.77. The van der Waals surface area contributed by atoms with Crippen LogP contribution in [0.3, 0.4) is 0 Å². The van der Waals surface area contributed by atoms with E-state index in [1.54, 1.807) is 32.9 Å². The maximum Gasteiger partial charge on any atom is 0.265 e. The lowest BCUT2D eigenvalue weighted by Crippen LogP contribution is -2.31. The Morgan fingerprint density at radius 2 is 1.88 bits per heavy atom. The quantitative estimate of drug-likeness (QED) is 0.485. The van der Waals surface area contributed by atoms with E-state index in [4.69, 9.17) is 9.47 Å². The van der Waals surface area contributed by atoms with Gasteiger partial charge in [0.1, 0.15) is 23.0 Å². The largest absolute Gasteiger partial charge is 0.492 e. The number of nitrogens with zero attached hydrogens (tertiary/aromatic N) is 1. The number of nitrogens with one attached hydrogen (secondary N) is 1. The smallest absolute Gasteiger partial charge is 0.265 e. The molecule has 9 heteroatoms. The van der Waals surface area contributed by atoms with Gasteiger partial charge in [0.2, 0.25) is 10.0 Å². The highest BCUT2D eigenvalue weighted by molar-refractivity contribution is 7.89. The normalized spacial score (nSPS) is 12.6. The number of fused-ring (bicyclic) bond motifs is 3. The fourth-order valence-electron chi connectivity index (χ4n) is 3.77. The van der Waals surface area contributed by atoms with Crippen LogP contribution in [0.4, 0.5) is 5.69 Å². The van der Waals surface area contributed by atoms with Gasteiger partial charge in [-0.15, -0.1) is 11.3 Å². The average Bonchev–Trinajstić information content (AvgIpc) is 3.26. The molecule has 1 aliphatic heterocycles. The molecule has 4 rings (SSSR count). The van der Waals surface area contributed by atoms with Gasteiger partial charge in [-0.25, -0.2) is 8.42 Å². The molecule has 33 heavy (non-hydrogen) atoms. The number of sulfonamides is 1. The van der Waals surface area contributed by atoms with Crippen molar-refractivity contribution in [2.24, 2.45) is 0 Å². The van der Waals surface area contributed by atoms with Gasteiger partial charge in [-0.2, -0.15) is 4.31 Å². The van der Waals surface area contributed by atoms with Crippen molar-refractivity contribution < 1.29 is 22.7 Å². The summed E-state index contributed by atoms with van der Waals surface area (Å²) in [5, 5.41) is 2.84. The molecule has 0 saturated heterocycles. The van der Waals surface area contributed by atoms with Crippen LogP contribution < -0.4 is 14.8 Å². The first kappa shape index (κ1) is 23.3. The summed E-state index contributed by atoms with van der Waals surface area (Å²) >= 11 is 1.40. The number of carbonyl (C=O) groups is 1. The van der Waals surface area contributed by atoms with Crippen molar-refractivity contribution in [2.75, 3.05) is 25.0 Å². The monoisotopic (exact) mass is 486 g/mol. The first-order chi connectivity index (χ1) is 15.9. The van der Waals surface area contributed by atoms with Gasteiger partial charge in [0.25, 0.3) is 5.91 Å². The minimum Gasteiger partial charge on any atom is -0.492 e. The van der Waals surface area contributed by atoms with Crippen molar-refractivity contribution in [3.8, 4) is 21.9 Å². The number of para-hydroxylation sites is 1. The highest BCUT2D eigenvalue weighted by atomic mass is 32.2. The maximum atomic E-state index is 13.2. The van der Waals surface area contributed by atoms with E-state index in [0.29, 0.717) is 36.9 Å². The zero-order valence-electron chi connectivity index (χ0n) is 18.8. The van der Waals surface area contributed by atoms with Crippen molar-refractivity contribution >= 4 is 33.0 Å². The van der Waals surface area contributed by atoms with Crippen LogP contribution in [-0.2, 0) is 16.6 Å². The Hall–Kier alpha value is -2.88. The van der Waals surface area contributed by atoms with Crippen LogP contribution in [0, 0.1) is 0 Å².